The SMILES string of the molecule is Nc1nc(C(F)F)c(S(N)(=O)=O)cc1F. The molecule has 0 aliphatic rings. The fourth-order valence-electron chi connectivity index (χ4n) is 0.885. The zero-order valence-electron chi connectivity index (χ0n) is 7.12. The number of hydrogen-bond donors (Lipinski definition) is 2. The van der Waals surface area contributed by atoms with Gasteiger partial charge in [-0.1, -0.05) is 0 Å². The first-order chi connectivity index (χ1) is 6.73. The summed E-state index contributed by atoms with van der Waals surface area (Å²) >= 11 is 0. The maximum absolute atomic E-state index is 12.8. The van der Waals surface area contributed by atoms with Gasteiger partial charge in [0.1, 0.15) is 10.6 Å². The molecule has 0 bridgehead atoms. The van der Waals surface area contributed by atoms with E-state index in [0.717, 1.165) is 0 Å². The molecule has 1 aromatic heterocycles. The maximum Gasteiger partial charge on any atom is 0.281 e. The lowest BCUT2D eigenvalue weighted by Gasteiger charge is -2.07. The first-order valence-corrected chi connectivity index (χ1v) is 5.05. The van der Waals surface area contributed by atoms with Gasteiger partial charge in [0.05, 0.1) is 0 Å². The number of alkyl halides is 2. The third-order valence-electron chi connectivity index (χ3n) is 1.51. The predicted octanol–water partition coefficient (Wildman–Crippen LogP) is 0.388. The van der Waals surface area contributed by atoms with Crippen molar-refractivity contribution in [2.45, 2.75) is 11.3 Å². The van der Waals surface area contributed by atoms with Crippen LogP contribution >= 0.6 is 0 Å². The maximum atomic E-state index is 12.8. The van der Waals surface area contributed by atoms with Crippen molar-refractivity contribution in [1.29, 1.82) is 0 Å². The number of hydrogen-bond acceptors (Lipinski definition) is 4. The number of rotatable bonds is 2. The largest absolute Gasteiger partial charge is 0.381 e. The van der Waals surface area contributed by atoms with Gasteiger partial charge in [0.2, 0.25) is 10.0 Å². The monoisotopic (exact) mass is 241 g/mol. The van der Waals surface area contributed by atoms with Crippen molar-refractivity contribution in [2.75, 3.05) is 5.73 Å². The van der Waals surface area contributed by atoms with E-state index in [-0.39, 0.29) is 0 Å². The van der Waals surface area contributed by atoms with E-state index in [0.29, 0.717) is 6.07 Å². The molecule has 1 aromatic rings. The van der Waals surface area contributed by atoms with E-state index in [1.165, 1.54) is 0 Å². The minimum Gasteiger partial charge on any atom is -0.381 e. The molecule has 0 aliphatic carbocycles. The highest BCUT2D eigenvalue weighted by molar-refractivity contribution is 7.89. The summed E-state index contributed by atoms with van der Waals surface area (Å²) in [6.07, 6.45) is -3.21. The average molecular weight is 241 g/mol. The average Bonchev–Trinajstić information content (AvgIpc) is 2.06. The molecule has 0 aromatic carbocycles. The number of halogens is 3. The Morgan fingerprint density at radius 1 is 1.40 bits per heavy atom. The van der Waals surface area contributed by atoms with Crippen LogP contribution in [0.2, 0.25) is 0 Å². The van der Waals surface area contributed by atoms with Crippen molar-refractivity contribution >= 4 is 15.8 Å². The Bertz CT molecular complexity index is 489. The van der Waals surface area contributed by atoms with Gasteiger partial charge in [0.25, 0.3) is 6.43 Å². The minimum absolute atomic E-state index is 0.319. The minimum atomic E-state index is -4.46. The summed E-state index contributed by atoms with van der Waals surface area (Å²) in [5.74, 6) is -2.03. The molecule has 4 N–H and O–H groups in total. The van der Waals surface area contributed by atoms with Gasteiger partial charge in [-0.25, -0.2) is 31.7 Å². The number of nitrogens with two attached hydrogens (primary N) is 2. The lowest BCUT2D eigenvalue weighted by molar-refractivity contribution is 0.142. The van der Waals surface area contributed by atoms with Crippen LogP contribution in [0.3, 0.4) is 0 Å². The van der Waals surface area contributed by atoms with Crippen molar-refractivity contribution < 1.29 is 21.6 Å². The molecule has 5 nitrogen and oxygen atoms in total. The molecule has 0 spiro atoms. The lowest BCUT2D eigenvalue weighted by Crippen LogP contribution is -2.17. The number of pyridine rings is 1. The van der Waals surface area contributed by atoms with Crippen molar-refractivity contribution in [3.8, 4) is 0 Å². The van der Waals surface area contributed by atoms with E-state index in [1.54, 1.807) is 0 Å². The molecule has 0 atom stereocenters. The third-order valence-corrected chi connectivity index (χ3v) is 2.45. The van der Waals surface area contributed by atoms with Crippen LogP contribution in [0.5, 0.6) is 0 Å². The molecule has 0 fully saturated rings. The molecule has 1 rings (SSSR count). The first kappa shape index (κ1) is 11.7. The Labute approximate surface area is 83.0 Å². The Morgan fingerprint density at radius 3 is 2.33 bits per heavy atom. The highest BCUT2D eigenvalue weighted by atomic mass is 32.2. The summed E-state index contributed by atoms with van der Waals surface area (Å²) in [5.41, 5.74) is 3.76. The van der Waals surface area contributed by atoms with Crippen LogP contribution in [0, 0.1) is 5.82 Å². The van der Waals surface area contributed by atoms with Crippen LogP contribution < -0.4 is 10.9 Å². The number of nitrogen functional groups attached to an aromatic ring is 1. The van der Waals surface area contributed by atoms with Gasteiger partial charge in [-0.2, -0.15) is 0 Å². The molecule has 15 heavy (non-hydrogen) atoms. The zero-order chi connectivity index (χ0) is 11.8. The number of primary sulfonamides is 1. The standard InChI is InChI=1S/C6H6F3N3O2S/c7-2-1-3(15(11,13)14)4(5(8)9)12-6(2)10/h1,5H,(H2,10,12)(H2,11,13,14). The van der Waals surface area contributed by atoms with Gasteiger partial charge in [-0.3, -0.25) is 0 Å². The van der Waals surface area contributed by atoms with Gasteiger partial charge in [0, 0.05) is 0 Å². The van der Waals surface area contributed by atoms with Crippen LogP contribution in [0.1, 0.15) is 12.1 Å². The van der Waals surface area contributed by atoms with Gasteiger partial charge in [-0.05, 0) is 6.07 Å². The Balaban J connectivity index is 3.56. The molecule has 0 saturated carbocycles. The fourth-order valence-corrected chi connectivity index (χ4v) is 1.58. The zero-order valence-corrected chi connectivity index (χ0v) is 7.93. The molecule has 84 valence electrons. The number of nitrogens with zero attached hydrogens (tertiary/aromatic N) is 1. The van der Waals surface area contributed by atoms with Gasteiger partial charge >= 0.3 is 0 Å². The van der Waals surface area contributed by atoms with Crippen molar-refractivity contribution in [3.63, 3.8) is 0 Å². The predicted molar refractivity (Wildman–Crippen MR) is 44.9 cm³/mol. The van der Waals surface area contributed by atoms with Crippen molar-refractivity contribution in [1.82, 2.24) is 4.98 Å². The number of anilines is 1. The highest BCUT2D eigenvalue weighted by Gasteiger charge is 2.24. The summed E-state index contributed by atoms with van der Waals surface area (Å²) in [4.78, 5) is 1.87. The topological polar surface area (TPSA) is 99.1 Å². The third kappa shape index (κ3) is 2.36. The fraction of sp³-hybridized carbons (Fsp3) is 0.167. The van der Waals surface area contributed by atoms with Gasteiger partial charge in [0.15, 0.2) is 11.6 Å². The Kier molecular flexibility index (Phi) is 2.86. The Morgan fingerprint density at radius 2 is 1.93 bits per heavy atom. The van der Waals surface area contributed by atoms with Crippen LogP contribution in [-0.4, -0.2) is 13.4 Å². The van der Waals surface area contributed by atoms with Gasteiger partial charge in [-0.15, -0.1) is 0 Å². The van der Waals surface area contributed by atoms with E-state index in [2.05, 4.69) is 10.1 Å². The van der Waals surface area contributed by atoms with E-state index in [4.69, 9.17) is 5.73 Å². The highest BCUT2D eigenvalue weighted by Crippen LogP contribution is 2.26. The molecule has 0 amide bonds. The second-order valence-electron chi connectivity index (χ2n) is 2.58. The van der Waals surface area contributed by atoms with E-state index in [9.17, 15) is 21.6 Å². The summed E-state index contributed by atoms with van der Waals surface area (Å²) in [7, 11) is -4.46. The van der Waals surface area contributed by atoms with Crippen LogP contribution in [0.25, 0.3) is 0 Å². The van der Waals surface area contributed by atoms with Crippen LogP contribution in [-0.2, 0) is 10.0 Å². The van der Waals surface area contributed by atoms with E-state index in [1.807, 2.05) is 0 Å². The van der Waals surface area contributed by atoms with E-state index >= 15 is 0 Å². The summed E-state index contributed by atoms with van der Waals surface area (Å²) in [6.45, 7) is 0. The second-order valence-corrected chi connectivity index (χ2v) is 4.11. The summed E-state index contributed by atoms with van der Waals surface area (Å²) < 4.78 is 59.1. The Hall–Kier alpha value is -1.35. The quantitative estimate of drug-likeness (QED) is 0.782. The van der Waals surface area contributed by atoms with Crippen LogP contribution in [0.15, 0.2) is 11.0 Å². The van der Waals surface area contributed by atoms with E-state index < -0.39 is 38.7 Å². The summed E-state index contributed by atoms with van der Waals surface area (Å²) in [6, 6.07) is 0.319. The molecule has 0 unspecified atom stereocenters. The van der Waals surface area contributed by atoms with Gasteiger partial charge < -0.3 is 5.73 Å². The molecular formula is C6H6F3N3O2S. The lowest BCUT2D eigenvalue weighted by atomic mass is 10.3. The molecule has 1 heterocycles. The van der Waals surface area contributed by atoms with Crippen molar-refractivity contribution in [2.24, 2.45) is 5.14 Å². The molecule has 0 radical (unpaired) electrons. The molecule has 0 aliphatic heterocycles. The van der Waals surface area contributed by atoms with Crippen molar-refractivity contribution in [3.05, 3.63) is 17.6 Å². The second kappa shape index (κ2) is 3.66. The number of aromatic nitrogens is 1. The molecule has 9 heteroatoms. The molecular weight excluding hydrogens is 235 g/mol. The summed E-state index contributed by atoms with van der Waals surface area (Å²) in [5, 5.41) is 4.61. The van der Waals surface area contributed by atoms with Crippen LogP contribution in [0.4, 0.5) is 19.0 Å². The normalized spacial score (nSPS) is 12.1. The number of sulfonamides is 1. The molecule has 0 saturated heterocycles. The smallest absolute Gasteiger partial charge is 0.281 e. The first-order valence-electron chi connectivity index (χ1n) is 3.50.